The van der Waals surface area contributed by atoms with Crippen LogP contribution in [-0.4, -0.2) is 36.0 Å². The Balaban J connectivity index is 2.02. The first kappa shape index (κ1) is 23.3. The van der Waals surface area contributed by atoms with Gasteiger partial charge in [0.2, 0.25) is 0 Å². The number of ether oxygens (including phenoxy) is 2. The number of carbonyl (C=O) groups is 2. The Hall–Kier alpha value is -3.84. The summed E-state index contributed by atoms with van der Waals surface area (Å²) in [4.78, 5) is 32.3. The SMILES string of the molecule is COc1cc(/C(O)=C2\C(=O)C(=O)N(c3cccc(C)c3C)C2c2cccnc2)c(OC)cc1Cl. The van der Waals surface area contributed by atoms with Crippen molar-refractivity contribution in [3.05, 3.63) is 87.7 Å². The molecule has 1 amide bonds. The molecular weight excluding hydrogens is 456 g/mol. The van der Waals surface area contributed by atoms with Crippen LogP contribution in [0.5, 0.6) is 11.5 Å². The molecule has 0 aliphatic carbocycles. The van der Waals surface area contributed by atoms with Crippen molar-refractivity contribution < 1.29 is 24.2 Å². The Kier molecular flexibility index (Phi) is 6.30. The van der Waals surface area contributed by atoms with Gasteiger partial charge in [0.25, 0.3) is 11.7 Å². The van der Waals surface area contributed by atoms with Crippen LogP contribution in [0.25, 0.3) is 5.76 Å². The molecule has 2 aromatic carbocycles. The number of amides is 1. The number of aliphatic hydroxyl groups is 1. The molecular formula is C26H23ClN2O5. The van der Waals surface area contributed by atoms with Gasteiger partial charge >= 0.3 is 0 Å². The molecule has 8 heteroatoms. The summed E-state index contributed by atoms with van der Waals surface area (Å²) >= 11 is 6.22. The lowest BCUT2D eigenvalue weighted by molar-refractivity contribution is -0.132. The second-order valence-corrected chi connectivity index (χ2v) is 8.27. The third kappa shape index (κ3) is 3.78. The molecule has 174 valence electrons. The molecule has 1 unspecified atom stereocenters. The third-order valence-corrected chi connectivity index (χ3v) is 6.30. The van der Waals surface area contributed by atoms with E-state index in [0.29, 0.717) is 11.3 Å². The van der Waals surface area contributed by atoms with Crippen LogP contribution in [-0.2, 0) is 9.59 Å². The van der Waals surface area contributed by atoms with Crippen LogP contribution in [0.4, 0.5) is 5.69 Å². The van der Waals surface area contributed by atoms with Crippen LogP contribution in [0.2, 0.25) is 5.02 Å². The van der Waals surface area contributed by atoms with Crippen molar-refractivity contribution in [1.29, 1.82) is 0 Å². The minimum absolute atomic E-state index is 0.0819. The fourth-order valence-electron chi connectivity index (χ4n) is 4.12. The number of hydrogen-bond acceptors (Lipinski definition) is 6. The standard InChI is InChI=1S/C26H23ClN2O5/c1-14-7-5-9-19(15(14)2)29-23(16-8-6-10-28-13-16)22(25(31)26(29)32)24(30)17-11-21(34-4)18(27)12-20(17)33-3/h5-13,23,30H,1-4H3/b24-22+. The Morgan fingerprint density at radius 2 is 1.79 bits per heavy atom. The summed E-state index contributed by atoms with van der Waals surface area (Å²) in [6, 6.07) is 11.1. The van der Waals surface area contributed by atoms with E-state index in [-0.39, 0.29) is 27.7 Å². The number of hydrogen-bond donors (Lipinski definition) is 1. The van der Waals surface area contributed by atoms with Crippen molar-refractivity contribution in [1.82, 2.24) is 4.98 Å². The zero-order valence-corrected chi connectivity index (χ0v) is 19.9. The molecule has 1 aromatic heterocycles. The van der Waals surface area contributed by atoms with Gasteiger partial charge < -0.3 is 14.6 Å². The van der Waals surface area contributed by atoms with Crippen molar-refractivity contribution >= 4 is 34.7 Å². The summed E-state index contributed by atoms with van der Waals surface area (Å²) in [5.41, 5.74) is 3.07. The minimum atomic E-state index is -0.902. The van der Waals surface area contributed by atoms with Crippen molar-refractivity contribution in [2.45, 2.75) is 19.9 Å². The van der Waals surface area contributed by atoms with E-state index in [2.05, 4.69) is 4.98 Å². The summed E-state index contributed by atoms with van der Waals surface area (Å²) in [7, 11) is 2.86. The van der Waals surface area contributed by atoms with Gasteiger partial charge in [0, 0.05) is 24.1 Å². The molecule has 1 N–H and O–H groups in total. The smallest absolute Gasteiger partial charge is 0.300 e. The highest BCUT2D eigenvalue weighted by atomic mass is 35.5. The molecule has 1 aliphatic heterocycles. The van der Waals surface area contributed by atoms with E-state index in [9.17, 15) is 14.7 Å². The predicted octanol–water partition coefficient (Wildman–Crippen LogP) is 5.00. The van der Waals surface area contributed by atoms with Crippen LogP contribution in [0, 0.1) is 13.8 Å². The summed E-state index contributed by atoms with van der Waals surface area (Å²) in [6.07, 6.45) is 3.17. The average molecular weight is 479 g/mol. The molecule has 1 atom stereocenters. The van der Waals surface area contributed by atoms with Gasteiger partial charge in [-0.3, -0.25) is 19.5 Å². The van der Waals surface area contributed by atoms with E-state index in [1.54, 1.807) is 30.6 Å². The Morgan fingerprint density at radius 3 is 2.44 bits per heavy atom. The first-order chi connectivity index (χ1) is 16.3. The Bertz CT molecular complexity index is 1320. The van der Waals surface area contributed by atoms with Gasteiger partial charge in [-0.25, -0.2) is 0 Å². The summed E-state index contributed by atoms with van der Waals surface area (Å²) in [5, 5.41) is 11.7. The van der Waals surface area contributed by atoms with Crippen LogP contribution in [0.15, 0.2) is 60.4 Å². The Morgan fingerprint density at radius 1 is 1.06 bits per heavy atom. The lowest BCUT2D eigenvalue weighted by Gasteiger charge is -2.27. The Labute approximate surface area is 202 Å². The monoisotopic (exact) mass is 478 g/mol. The summed E-state index contributed by atoms with van der Waals surface area (Å²) in [5.74, 6) is -1.45. The van der Waals surface area contributed by atoms with Gasteiger partial charge in [-0.05, 0) is 48.7 Å². The maximum absolute atomic E-state index is 13.4. The van der Waals surface area contributed by atoms with Gasteiger partial charge in [-0.1, -0.05) is 29.8 Å². The first-order valence-corrected chi connectivity index (χ1v) is 10.9. The van der Waals surface area contributed by atoms with Crippen LogP contribution in [0.1, 0.15) is 28.3 Å². The highest BCUT2D eigenvalue weighted by Crippen LogP contribution is 2.45. The minimum Gasteiger partial charge on any atom is -0.507 e. The number of anilines is 1. The lowest BCUT2D eigenvalue weighted by atomic mass is 9.95. The quantitative estimate of drug-likeness (QED) is 0.315. The zero-order chi connectivity index (χ0) is 24.6. The maximum Gasteiger partial charge on any atom is 0.300 e. The topological polar surface area (TPSA) is 89.0 Å². The number of nitrogens with zero attached hydrogens (tertiary/aromatic N) is 2. The number of benzene rings is 2. The van der Waals surface area contributed by atoms with E-state index >= 15 is 0 Å². The van der Waals surface area contributed by atoms with E-state index < -0.39 is 23.5 Å². The van der Waals surface area contributed by atoms with E-state index in [1.807, 2.05) is 26.0 Å². The number of rotatable bonds is 5. The number of aryl methyl sites for hydroxylation is 1. The fraction of sp³-hybridized carbons (Fsp3) is 0.192. The highest BCUT2D eigenvalue weighted by molar-refractivity contribution is 6.51. The molecule has 34 heavy (non-hydrogen) atoms. The van der Waals surface area contributed by atoms with Crippen LogP contribution in [0.3, 0.4) is 0 Å². The normalized spacial score (nSPS) is 17.2. The van der Waals surface area contributed by atoms with Crippen LogP contribution >= 0.6 is 11.6 Å². The van der Waals surface area contributed by atoms with Gasteiger partial charge in [0.15, 0.2) is 0 Å². The van der Waals surface area contributed by atoms with Gasteiger partial charge in [0.05, 0.1) is 36.4 Å². The second kappa shape index (κ2) is 9.19. The van der Waals surface area contributed by atoms with E-state index in [0.717, 1.165) is 11.1 Å². The van der Waals surface area contributed by atoms with Crippen molar-refractivity contribution in [2.24, 2.45) is 0 Å². The van der Waals surface area contributed by atoms with Crippen LogP contribution < -0.4 is 14.4 Å². The molecule has 0 spiro atoms. The molecule has 1 aliphatic rings. The van der Waals surface area contributed by atoms with Crippen molar-refractivity contribution in [2.75, 3.05) is 19.1 Å². The zero-order valence-electron chi connectivity index (χ0n) is 19.1. The fourth-order valence-corrected chi connectivity index (χ4v) is 4.35. The summed E-state index contributed by atoms with van der Waals surface area (Å²) in [6.45, 7) is 3.82. The molecule has 1 fully saturated rings. The molecule has 0 saturated carbocycles. The molecule has 7 nitrogen and oxygen atoms in total. The van der Waals surface area contributed by atoms with Crippen molar-refractivity contribution in [3.8, 4) is 11.5 Å². The molecule has 1 saturated heterocycles. The maximum atomic E-state index is 13.4. The molecule has 0 bridgehead atoms. The molecule has 4 rings (SSSR count). The largest absolute Gasteiger partial charge is 0.507 e. The van der Waals surface area contributed by atoms with Gasteiger partial charge in [-0.2, -0.15) is 0 Å². The number of aromatic nitrogens is 1. The molecule has 2 heterocycles. The van der Waals surface area contributed by atoms with E-state index in [1.165, 1.54) is 31.3 Å². The number of halogens is 1. The molecule has 3 aromatic rings. The number of carbonyl (C=O) groups excluding carboxylic acids is 2. The number of pyridine rings is 1. The second-order valence-electron chi connectivity index (χ2n) is 7.86. The predicted molar refractivity (Wildman–Crippen MR) is 129 cm³/mol. The molecule has 0 radical (unpaired) electrons. The summed E-state index contributed by atoms with van der Waals surface area (Å²) < 4.78 is 10.7. The average Bonchev–Trinajstić information content (AvgIpc) is 3.11. The first-order valence-electron chi connectivity index (χ1n) is 10.5. The number of ketones is 1. The number of Topliss-reactive ketones (excluding diaryl/α,β-unsaturated/α-hetero) is 1. The van der Waals surface area contributed by atoms with E-state index in [4.69, 9.17) is 21.1 Å². The van der Waals surface area contributed by atoms with Gasteiger partial charge in [0.1, 0.15) is 17.3 Å². The highest BCUT2D eigenvalue weighted by Gasteiger charge is 2.47. The number of aliphatic hydroxyl groups excluding tert-OH is 1. The van der Waals surface area contributed by atoms with Gasteiger partial charge in [-0.15, -0.1) is 0 Å². The lowest BCUT2D eigenvalue weighted by Crippen LogP contribution is -2.30. The number of methoxy groups -OCH3 is 2. The van der Waals surface area contributed by atoms with Crippen molar-refractivity contribution in [3.63, 3.8) is 0 Å². The third-order valence-electron chi connectivity index (χ3n) is 6.01.